The second kappa shape index (κ2) is 12.5. The van der Waals surface area contributed by atoms with Gasteiger partial charge >= 0.3 is 18.5 Å². The van der Waals surface area contributed by atoms with Crippen LogP contribution in [0, 0.1) is 0 Å². The van der Waals surface area contributed by atoms with E-state index in [1.54, 1.807) is 0 Å². The molecular weight excluding hydrogens is 617 g/mol. The van der Waals surface area contributed by atoms with Crippen molar-refractivity contribution in [2.45, 2.75) is 37.4 Å². The molecule has 2 aromatic rings. The molecule has 0 radical (unpaired) electrons. The molecule has 0 spiro atoms. The zero-order valence-electron chi connectivity index (χ0n) is 19.4. The third-order valence-corrected chi connectivity index (χ3v) is 6.23. The molecule has 2 rings (SSSR count). The summed E-state index contributed by atoms with van der Waals surface area (Å²) in [6, 6.07) is 1.83. The fourth-order valence-electron chi connectivity index (χ4n) is 3.29. The molecule has 39 heavy (non-hydrogen) atoms. The van der Waals surface area contributed by atoms with Gasteiger partial charge < -0.3 is 10.6 Å². The molecule has 3 nitrogen and oxygen atoms in total. The number of hydrogen-bond acceptors (Lipinski definition) is 2. The molecule has 2 N–H and O–H groups in total. The van der Waals surface area contributed by atoms with Crippen LogP contribution in [-0.2, 0) is 6.18 Å². The first kappa shape index (κ1) is 33.0. The third kappa shape index (κ3) is 9.44. The Morgan fingerprint density at radius 2 is 1.51 bits per heavy atom. The number of nitrogens with one attached hydrogen (secondary N) is 2. The maximum absolute atomic E-state index is 14.9. The average Bonchev–Trinajstić information content (AvgIpc) is 2.77. The zero-order valence-corrected chi connectivity index (χ0v) is 21.6. The van der Waals surface area contributed by atoms with Crippen LogP contribution in [-0.4, -0.2) is 37.4 Å². The lowest BCUT2D eigenvalue weighted by Crippen LogP contribution is -2.42. The van der Waals surface area contributed by atoms with Crippen LogP contribution in [0.4, 0.5) is 43.9 Å². The molecule has 1 amide bonds. The predicted molar refractivity (Wildman–Crippen MR) is 127 cm³/mol. The first-order valence-corrected chi connectivity index (χ1v) is 11.7. The Labute approximate surface area is 230 Å². The number of benzene rings is 2. The predicted octanol–water partition coefficient (Wildman–Crippen LogP) is 8.59. The van der Waals surface area contributed by atoms with Gasteiger partial charge in [0.1, 0.15) is 11.7 Å². The smallest absolute Gasteiger partial charge is 0.348 e. The lowest BCUT2D eigenvalue weighted by Gasteiger charge is -2.20. The molecule has 2 aromatic carbocycles. The third-order valence-electron chi connectivity index (χ3n) is 5.03. The summed E-state index contributed by atoms with van der Waals surface area (Å²) in [5, 5.41) is 3.03. The fourth-order valence-corrected chi connectivity index (χ4v) is 3.90. The molecule has 0 saturated carbocycles. The van der Waals surface area contributed by atoms with Crippen LogP contribution in [0.3, 0.4) is 0 Å². The molecule has 2 atom stereocenters. The Morgan fingerprint density at radius 3 is 2.00 bits per heavy atom. The van der Waals surface area contributed by atoms with E-state index in [1.165, 1.54) is 6.92 Å². The van der Waals surface area contributed by atoms with Gasteiger partial charge in [-0.25, -0.2) is 4.39 Å². The molecule has 0 fully saturated rings. The number of alkyl halides is 9. The molecule has 0 aliphatic carbocycles. The summed E-state index contributed by atoms with van der Waals surface area (Å²) >= 11 is 17.2. The molecular formula is C23H17Cl3F10N2O. The molecule has 0 bridgehead atoms. The Bertz CT molecular complexity index is 1200. The maximum atomic E-state index is 14.9. The zero-order chi connectivity index (χ0) is 29.9. The number of allylic oxidation sites excluding steroid dienone is 1. The highest BCUT2D eigenvalue weighted by atomic mass is 35.5. The summed E-state index contributed by atoms with van der Waals surface area (Å²) in [5.74, 6) is -5.74. The quantitative estimate of drug-likeness (QED) is 0.226. The van der Waals surface area contributed by atoms with Gasteiger partial charge in [0, 0.05) is 18.2 Å². The van der Waals surface area contributed by atoms with Crippen LogP contribution >= 0.6 is 34.8 Å². The SMILES string of the molecule is C[C@H](CNCC(F)(F)F)NC(=O)c1ccc(/C(F)=C/C(c2cc(Cl)c(Cl)c(Cl)c2)C(F)(F)F)cc1C(F)(F)F. The molecule has 0 saturated heterocycles. The van der Waals surface area contributed by atoms with Gasteiger partial charge in [-0.05, 0) is 42.8 Å². The molecule has 216 valence electrons. The topological polar surface area (TPSA) is 41.1 Å². The van der Waals surface area contributed by atoms with Crippen LogP contribution < -0.4 is 10.6 Å². The number of hydrogen-bond donors (Lipinski definition) is 2. The van der Waals surface area contributed by atoms with E-state index in [1.807, 2.05) is 5.32 Å². The van der Waals surface area contributed by atoms with Crippen molar-refractivity contribution in [1.29, 1.82) is 0 Å². The van der Waals surface area contributed by atoms with Gasteiger partial charge in [-0.3, -0.25) is 4.79 Å². The van der Waals surface area contributed by atoms with E-state index in [2.05, 4.69) is 5.32 Å². The van der Waals surface area contributed by atoms with Crippen molar-refractivity contribution in [1.82, 2.24) is 10.6 Å². The van der Waals surface area contributed by atoms with Crippen molar-refractivity contribution in [2.24, 2.45) is 0 Å². The van der Waals surface area contributed by atoms with Gasteiger partial charge in [0.05, 0.1) is 32.7 Å². The van der Waals surface area contributed by atoms with E-state index in [-0.39, 0.29) is 27.2 Å². The summed E-state index contributed by atoms with van der Waals surface area (Å²) in [6.07, 6.45) is -14.9. The van der Waals surface area contributed by atoms with Crippen molar-refractivity contribution in [3.8, 4) is 0 Å². The Kier molecular flexibility index (Phi) is 10.6. The monoisotopic (exact) mass is 632 g/mol. The second-order valence-corrected chi connectivity index (χ2v) is 9.40. The molecule has 0 aliphatic rings. The number of carbonyl (C=O) groups is 1. The van der Waals surface area contributed by atoms with Crippen LogP contribution in [0.2, 0.25) is 15.1 Å². The fraction of sp³-hybridized carbons (Fsp3) is 0.348. The van der Waals surface area contributed by atoms with E-state index in [0.717, 1.165) is 12.1 Å². The van der Waals surface area contributed by atoms with Crippen LogP contribution in [0.25, 0.3) is 5.83 Å². The van der Waals surface area contributed by atoms with E-state index in [9.17, 15) is 48.7 Å². The summed E-state index contributed by atoms with van der Waals surface area (Å²) in [6.45, 7) is -0.633. The Balaban J connectivity index is 2.42. The highest BCUT2D eigenvalue weighted by Gasteiger charge is 2.41. The number of halogens is 13. The standard InChI is InChI=1S/C23H17Cl3F10N2O/c1-10(8-37-9-21(28,29)30)38-20(39)13-3-2-11(4-15(13)23(34,35)36)18(27)7-14(22(31,32)33)12-5-16(24)19(26)17(25)6-12/h2-7,10,14,37H,8-9H2,1H3,(H,38,39)/b18-7-/t10-,14?/m1/s1. The molecule has 0 aromatic heterocycles. The van der Waals surface area contributed by atoms with Crippen molar-refractivity contribution in [3.63, 3.8) is 0 Å². The van der Waals surface area contributed by atoms with Gasteiger partial charge in [0.2, 0.25) is 0 Å². The Hall–Kier alpha value is -2.22. The summed E-state index contributed by atoms with van der Waals surface area (Å²) in [4.78, 5) is 12.4. The lowest BCUT2D eigenvalue weighted by molar-refractivity contribution is -0.140. The van der Waals surface area contributed by atoms with Gasteiger partial charge in [-0.15, -0.1) is 0 Å². The van der Waals surface area contributed by atoms with Gasteiger partial charge in [-0.2, -0.15) is 39.5 Å². The van der Waals surface area contributed by atoms with Gasteiger partial charge in [-0.1, -0.05) is 40.9 Å². The Morgan fingerprint density at radius 1 is 0.949 bits per heavy atom. The second-order valence-electron chi connectivity index (χ2n) is 8.21. The summed E-state index contributed by atoms with van der Waals surface area (Å²) < 4.78 is 134. The van der Waals surface area contributed by atoms with Gasteiger partial charge in [0.15, 0.2) is 0 Å². The van der Waals surface area contributed by atoms with Crippen molar-refractivity contribution in [2.75, 3.05) is 13.1 Å². The highest BCUT2D eigenvalue weighted by molar-refractivity contribution is 6.48. The van der Waals surface area contributed by atoms with Crippen molar-refractivity contribution >= 4 is 46.5 Å². The number of carbonyl (C=O) groups excluding carboxylic acids is 1. The first-order valence-electron chi connectivity index (χ1n) is 10.6. The largest absolute Gasteiger partial charge is 0.417 e. The number of amides is 1. The van der Waals surface area contributed by atoms with Crippen LogP contribution in [0.1, 0.15) is 39.9 Å². The molecule has 1 unspecified atom stereocenters. The summed E-state index contributed by atoms with van der Waals surface area (Å²) in [5.41, 5.74) is -4.28. The average molecular weight is 634 g/mol. The van der Waals surface area contributed by atoms with Crippen molar-refractivity contribution < 1.29 is 48.7 Å². The summed E-state index contributed by atoms with van der Waals surface area (Å²) in [7, 11) is 0. The molecule has 0 aliphatic heterocycles. The first-order chi connectivity index (χ1) is 17.7. The minimum atomic E-state index is -5.25. The minimum absolute atomic E-state index is 0.0134. The van der Waals surface area contributed by atoms with E-state index < -0.39 is 77.6 Å². The van der Waals surface area contributed by atoms with E-state index in [0.29, 0.717) is 12.1 Å². The van der Waals surface area contributed by atoms with E-state index >= 15 is 0 Å². The van der Waals surface area contributed by atoms with E-state index in [4.69, 9.17) is 34.8 Å². The minimum Gasteiger partial charge on any atom is -0.348 e. The maximum Gasteiger partial charge on any atom is 0.417 e. The van der Waals surface area contributed by atoms with Crippen LogP contribution in [0.15, 0.2) is 36.4 Å². The molecule has 16 heteroatoms. The normalized spacial score (nSPS) is 14.8. The van der Waals surface area contributed by atoms with Gasteiger partial charge in [0.25, 0.3) is 5.91 Å². The van der Waals surface area contributed by atoms with Crippen LogP contribution in [0.5, 0.6) is 0 Å². The molecule has 0 heterocycles. The highest BCUT2D eigenvalue weighted by Crippen LogP contribution is 2.42. The lowest BCUT2D eigenvalue weighted by atomic mass is 9.95. The number of rotatable bonds is 8. The van der Waals surface area contributed by atoms with Crippen molar-refractivity contribution in [3.05, 3.63) is 73.7 Å².